The second-order valence-electron chi connectivity index (χ2n) is 3.86. The van der Waals surface area contributed by atoms with E-state index >= 15 is 0 Å². The van der Waals surface area contributed by atoms with Gasteiger partial charge in [-0.3, -0.25) is 5.43 Å². The average molecular weight is 339 g/mol. The first-order valence-corrected chi connectivity index (χ1v) is 6.89. The molecule has 1 aromatic heterocycles. The van der Waals surface area contributed by atoms with E-state index in [-0.39, 0.29) is 12.0 Å². The van der Waals surface area contributed by atoms with E-state index in [1.807, 2.05) is 31.2 Å². The van der Waals surface area contributed by atoms with Gasteiger partial charge in [-0.05, 0) is 34.5 Å². The van der Waals surface area contributed by atoms with Crippen molar-refractivity contribution in [2.45, 2.75) is 13.3 Å². The number of hydrazine groups is 1. The van der Waals surface area contributed by atoms with Crippen molar-refractivity contribution in [1.82, 2.24) is 15.0 Å². The van der Waals surface area contributed by atoms with Crippen LogP contribution in [0.5, 0.6) is 6.01 Å². The van der Waals surface area contributed by atoms with Crippen LogP contribution in [-0.2, 0) is 0 Å². The number of nitrogen functional groups attached to an aromatic ring is 1. The second-order valence-corrected chi connectivity index (χ2v) is 4.72. The maximum absolute atomic E-state index is 5.40. The molecule has 0 spiro atoms. The number of ether oxygens (including phenoxy) is 1. The van der Waals surface area contributed by atoms with Gasteiger partial charge >= 0.3 is 6.01 Å². The highest BCUT2D eigenvalue weighted by Crippen LogP contribution is 2.24. The minimum absolute atomic E-state index is 0.226. The molecule has 0 radical (unpaired) electrons. The Hall–Kier alpha value is -1.93. The van der Waals surface area contributed by atoms with Gasteiger partial charge in [-0.2, -0.15) is 15.0 Å². The molecule has 0 aliphatic carbocycles. The lowest BCUT2D eigenvalue weighted by molar-refractivity contribution is 0.292. The normalized spacial score (nSPS) is 10.2. The number of hydrogen-bond acceptors (Lipinski definition) is 7. The van der Waals surface area contributed by atoms with Gasteiger partial charge in [0.2, 0.25) is 11.9 Å². The third-order valence-corrected chi connectivity index (χ3v) is 2.99. The van der Waals surface area contributed by atoms with Crippen molar-refractivity contribution in [3.05, 3.63) is 28.7 Å². The molecule has 0 unspecified atom stereocenters. The maximum atomic E-state index is 5.40. The van der Waals surface area contributed by atoms with E-state index in [9.17, 15) is 0 Å². The highest BCUT2D eigenvalue weighted by atomic mass is 79.9. The van der Waals surface area contributed by atoms with Gasteiger partial charge in [0.05, 0.1) is 12.3 Å². The summed E-state index contributed by atoms with van der Waals surface area (Å²) < 4.78 is 6.30. The predicted octanol–water partition coefficient (Wildman–Crippen LogP) is 2.45. The van der Waals surface area contributed by atoms with Gasteiger partial charge in [-0.1, -0.05) is 19.1 Å². The molecule has 0 aliphatic rings. The Bertz CT molecular complexity index is 580. The minimum Gasteiger partial charge on any atom is -0.463 e. The molecule has 4 N–H and O–H groups in total. The molecule has 0 aliphatic heterocycles. The summed E-state index contributed by atoms with van der Waals surface area (Å²) >= 11 is 3.44. The molecule has 0 saturated carbocycles. The summed E-state index contributed by atoms with van der Waals surface area (Å²) in [6, 6.07) is 7.87. The zero-order valence-electron chi connectivity index (χ0n) is 10.9. The smallest absolute Gasteiger partial charge is 0.323 e. The van der Waals surface area contributed by atoms with Gasteiger partial charge in [0.15, 0.2) is 0 Å². The van der Waals surface area contributed by atoms with Crippen molar-refractivity contribution in [1.29, 1.82) is 0 Å². The zero-order valence-corrected chi connectivity index (χ0v) is 12.5. The van der Waals surface area contributed by atoms with Gasteiger partial charge in [0, 0.05) is 4.47 Å². The summed E-state index contributed by atoms with van der Waals surface area (Å²) in [4.78, 5) is 12.3. The van der Waals surface area contributed by atoms with Crippen LogP contribution in [0.2, 0.25) is 0 Å². The van der Waals surface area contributed by atoms with E-state index < -0.39 is 0 Å². The molecule has 8 heteroatoms. The number of nitrogens with zero attached hydrogens (tertiary/aromatic N) is 3. The fraction of sp³-hybridized carbons (Fsp3) is 0.250. The number of aromatic nitrogens is 3. The molecule has 7 nitrogen and oxygen atoms in total. The van der Waals surface area contributed by atoms with Gasteiger partial charge in [-0.25, -0.2) is 5.84 Å². The molecule has 0 fully saturated rings. The van der Waals surface area contributed by atoms with Crippen LogP contribution in [0.1, 0.15) is 13.3 Å². The van der Waals surface area contributed by atoms with Crippen molar-refractivity contribution in [2.24, 2.45) is 5.84 Å². The molecule has 0 atom stereocenters. The van der Waals surface area contributed by atoms with Crippen LogP contribution in [-0.4, -0.2) is 21.6 Å². The standard InChI is InChI=1S/C12H15BrN6O/c1-2-7-20-12-17-10(16-11(18-12)19-14)15-9-6-4-3-5-8(9)13/h3-6H,2,7,14H2,1H3,(H2,15,16,17,18,19). The first-order valence-electron chi connectivity index (χ1n) is 6.10. The molecule has 20 heavy (non-hydrogen) atoms. The summed E-state index contributed by atoms with van der Waals surface area (Å²) in [5.41, 5.74) is 3.23. The molecule has 2 aromatic rings. The van der Waals surface area contributed by atoms with Crippen LogP contribution >= 0.6 is 15.9 Å². The fourth-order valence-electron chi connectivity index (χ4n) is 1.42. The van der Waals surface area contributed by atoms with Crippen molar-refractivity contribution in [3.63, 3.8) is 0 Å². The Balaban J connectivity index is 2.24. The Morgan fingerprint density at radius 3 is 2.65 bits per heavy atom. The van der Waals surface area contributed by atoms with Gasteiger partial charge < -0.3 is 10.1 Å². The molecule has 106 valence electrons. The monoisotopic (exact) mass is 338 g/mol. The third kappa shape index (κ3) is 3.78. The number of para-hydroxylation sites is 1. The van der Waals surface area contributed by atoms with Gasteiger partial charge in [0.25, 0.3) is 0 Å². The average Bonchev–Trinajstić information content (AvgIpc) is 2.47. The minimum atomic E-state index is 0.226. The second kappa shape index (κ2) is 7.01. The van der Waals surface area contributed by atoms with E-state index in [1.165, 1.54) is 0 Å². The van der Waals surface area contributed by atoms with E-state index in [2.05, 4.69) is 41.6 Å². The zero-order chi connectivity index (χ0) is 14.4. The summed E-state index contributed by atoms with van der Waals surface area (Å²) in [5.74, 6) is 5.93. The number of rotatable bonds is 6. The van der Waals surface area contributed by atoms with E-state index in [4.69, 9.17) is 10.6 Å². The third-order valence-electron chi connectivity index (χ3n) is 2.30. The first kappa shape index (κ1) is 14.5. The summed E-state index contributed by atoms with van der Waals surface area (Å²) in [6.45, 7) is 2.53. The lowest BCUT2D eigenvalue weighted by Gasteiger charge is -2.09. The van der Waals surface area contributed by atoms with Crippen LogP contribution in [0.15, 0.2) is 28.7 Å². The predicted molar refractivity (Wildman–Crippen MR) is 80.8 cm³/mol. The number of benzene rings is 1. The van der Waals surface area contributed by atoms with Crippen molar-refractivity contribution < 1.29 is 4.74 Å². The van der Waals surface area contributed by atoms with Crippen LogP contribution in [0.4, 0.5) is 17.6 Å². The van der Waals surface area contributed by atoms with Gasteiger partial charge in [0.1, 0.15) is 0 Å². The van der Waals surface area contributed by atoms with E-state index in [0.717, 1.165) is 16.6 Å². The summed E-state index contributed by atoms with van der Waals surface area (Å²) in [6.07, 6.45) is 0.865. The lowest BCUT2D eigenvalue weighted by atomic mass is 10.3. The quantitative estimate of drug-likeness (QED) is 0.549. The molecule has 0 amide bonds. The Kier molecular flexibility index (Phi) is 5.08. The number of halogens is 1. The largest absolute Gasteiger partial charge is 0.463 e. The number of nitrogens with two attached hydrogens (primary N) is 1. The fourth-order valence-corrected chi connectivity index (χ4v) is 1.80. The molecular formula is C12H15BrN6O. The topological polar surface area (TPSA) is 98.0 Å². The molecule has 0 saturated heterocycles. The van der Waals surface area contributed by atoms with Crippen molar-refractivity contribution >= 4 is 33.5 Å². The van der Waals surface area contributed by atoms with E-state index in [1.54, 1.807) is 0 Å². The SMILES string of the molecule is CCCOc1nc(NN)nc(Nc2ccccc2Br)n1. The molecule has 2 rings (SSSR count). The van der Waals surface area contributed by atoms with Crippen LogP contribution in [0.3, 0.4) is 0 Å². The Labute approximate surface area is 125 Å². The van der Waals surface area contributed by atoms with Gasteiger partial charge in [-0.15, -0.1) is 0 Å². The number of anilines is 3. The highest BCUT2D eigenvalue weighted by Gasteiger charge is 2.08. The van der Waals surface area contributed by atoms with Crippen molar-refractivity contribution in [2.75, 3.05) is 17.3 Å². The Morgan fingerprint density at radius 1 is 1.20 bits per heavy atom. The number of nitrogens with one attached hydrogen (secondary N) is 2. The van der Waals surface area contributed by atoms with Crippen LogP contribution < -0.4 is 21.3 Å². The lowest BCUT2D eigenvalue weighted by Crippen LogP contribution is -2.14. The summed E-state index contributed by atoms with van der Waals surface area (Å²) in [7, 11) is 0. The maximum Gasteiger partial charge on any atom is 0.323 e. The Morgan fingerprint density at radius 2 is 1.95 bits per heavy atom. The first-order chi connectivity index (χ1) is 9.72. The molecular weight excluding hydrogens is 324 g/mol. The van der Waals surface area contributed by atoms with E-state index in [0.29, 0.717) is 12.6 Å². The van der Waals surface area contributed by atoms with Crippen LogP contribution in [0, 0.1) is 0 Å². The van der Waals surface area contributed by atoms with Crippen molar-refractivity contribution in [3.8, 4) is 6.01 Å². The summed E-state index contributed by atoms with van der Waals surface area (Å²) in [5, 5.41) is 3.08. The molecule has 1 heterocycles. The molecule has 1 aromatic carbocycles. The molecule has 0 bridgehead atoms. The highest BCUT2D eigenvalue weighted by molar-refractivity contribution is 9.10. The van der Waals surface area contributed by atoms with Crippen LogP contribution in [0.25, 0.3) is 0 Å². The number of hydrogen-bond donors (Lipinski definition) is 3.